The van der Waals surface area contributed by atoms with Crippen molar-refractivity contribution < 1.29 is 80.7 Å². The summed E-state index contributed by atoms with van der Waals surface area (Å²) in [5, 5.41) is 55.3. The maximum Gasteiger partial charge on any atom is 0.397 e. The third-order valence-electron chi connectivity index (χ3n) is 16.5. The summed E-state index contributed by atoms with van der Waals surface area (Å²) in [7, 11) is -5.03. The molecular weight excluding hydrogens is 821 g/mol. The van der Waals surface area contributed by atoms with Crippen LogP contribution in [0.4, 0.5) is 0 Å². The molecule has 4 aliphatic carbocycles. The number of fused-ring (bicyclic) bond motifs is 4. The zero-order valence-electron chi connectivity index (χ0n) is 36.8. The van der Waals surface area contributed by atoms with Crippen molar-refractivity contribution in [3.05, 3.63) is 11.6 Å². The van der Waals surface area contributed by atoms with E-state index in [1.54, 1.807) is 0 Å². The second-order valence-electron chi connectivity index (χ2n) is 21.0. The number of esters is 2. The molecule has 7 aliphatic rings. The number of aliphatic hydroxyl groups excluding tert-OH is 5. The van der Waals surface area contributed by atoms with E-state index in [-0.39, 0.29) is 29.7 Å². The van der Waals surface area contributed by atoms with Crippen molar-refractivity contribution in [2.45, 2.75) is 199 Å². The fourth-order valence-electron chi connectivity index (χ4n) is 13.6. The van der Waals surface area contributed by atoms with Gasteiger partial charge in [-0.05, 0) is 114 Å². The molecule has 0 aromatic rings. The van der Waals surface area contributed by atoms with Gasteiger partial charge in [0.1, 0.15) is 53.2 Å². The van der Waals surface area contributed by atoms with Crippen molar-refractivity contribution in [1.82, 2.24) is 0 Å². The highest BCUT2D eigenvalue weighted by Gasteiger charge is 2.79. The van der Waals surface area contributed by atoms with Gasteiger partial charge in [0.2, 0.25) is 0 Å². The number of hydrogen-bond acceptors (Lipinski definition) is 16. The fraction of sp³-hybridized carbons (Fsp3) is 0.907. The summed E-state index contributed by atoms with van der Waals surface area (Å²) >= 11 is 0. The van der Waals surface area contributed by atoms with Crippen LogP contribution in [-0.2, 0) is 52.6 Å². The lowest BCUT2D eigenvalue weighted by molar-refractivity contribution is -0.362. The van der Waals surface area contributed by atoms with Crippen molar-refractivity contribution in [2.24, 2.45) is 39.4 Å². The molecule has 0 aromatic heterocycles. The molecule has 3 heterocycles. The molecule has 348 valence electrons. The molecule has 7 rings (SSSR count). The lowest BCUT2D eigenvalue weighted by atomic mass is 9.40. The van der Waals surface area contributed by atoms with Gasteiger partial charge in [0.05, 0.1) is 24.9 Å². The van der Waals surface area contributed by atoms with Gasteiger partial charge in [-0.25, -0.2) is 4.18 Å². The first-order valence-corrected chi connectivity index (χ1v) is 23.3. The minimum absolute atomic E-state index is 0.0146. The Morgan fingerprint density at radius 1 is 0.902 bits per heavy atom. The molecule has 6 N–H and O–H groups in total. The van der Waals surface area contributed by atoms with Gasteiger partial charge in [-0.1, -0.05) is 39.3 Å². The smallest absolute Gasteiger partial charge is 0.397 e. The summed E-state index contributed by atoms with van der Waals surface area (Å²) in [5.74, 6) is -0.848. The summed E-state index contributed by atoms with van der Waals surface area (Å²) in [6, 6.07) is 0. The lowest BCUT2D eigenvalue weighted by Gasteiger charge is -2.64. The summed E-state index contributed by atoms with van der Waals surface area (Å²) in [6.07, 6.45) is -7.29. The first-order valence-electron chi connectivity index (χ1n) is 21.9. The summed E-state index contributed by atoms with van der Waals surface area (Å²) in [6.45, 7) is 16.7. The predicted molar refractivity (Wildman–Crippen MR) is 213 cm³/mol. The average molecular weight is 889 g/mol. The molecule has 0 aromatic carbocycles. The van der Waals surface area contributed by atoms with E-state index in [4.69, 9.17) is 32.6 Å². The Morgan fingerprint density at radius 3 is 2.25 bits per heavy atom. The zero-order valence-corrected chi connectivity index (χ0v) is 37.6. The Hall–Kier alpha value is -1.81. The SMILES string of the molecule is CC(=O)OC(C)(C)CCC[C@]1(C)OC(=O)C23C1CC[C@@]2(C)C1CCC2C(C)(C)[C@@H](OC4OC[C@@H](OS(=O)(=O)O)[C@H](O)[C@H]4O[C@@H]4O[C@H](C)[C@@H](O)[C@H](O)[C@H]4O)CC[C@]2(C)C1=C[C@H]3O. The molecule has 5 unspecified atom stereocenters. The van der Waals surface area contributed by atoms with Gasteiger partial charge in [0.25, 0.3) is 0 Å². The van der Waals surface area contributed by atoms with Crippen LogP contribution in [0.25, 0.3) is 0 Å². The average Bonchev–Trinajstić information content (AvgIpc) is 3.60. The van der Waals surface area contributed by atoms with Crippen molar-refractivity contribution in [2.75, 3.05) is 6.61 Å². The van der Waals surface area contributed by atoms with Crippen LogP contribution in [-0.4, -0.2) is 136 Å². The van der Waals surface area contributed by atoms with Crippen LogP contribution in [0.5, 0.6) is 0 Å². The summed E-state index contributed by atoms with van der Waals surface area (Å²) < 4.78 is 73.6. The second kappa shape index (κ2) is 16.0. The number of carbonyl (C=O) groups is 2. The molecule has 3 aliphatic heterocycles. The number of hydrogen-bond donors (Lipinski definition) is 6. The Morgan fingerprint density at radius 2 is 1.59 bits per heavy atom. The predicted octanol–water partition coefficient (Wildman–Crippen LogP) is 2.87. The second-order valence-corrected chi connectivity index (χ2v) is 22.0. The van der Waals surface area contributed by atoms with E-state index in [1.807, 2.05) is 26.8 Å². The summed E-state index contributed by atoms with van der Waals surface area (Å²) in [4.78, 5) is 26.1. The van der Waals surface area contributed by atoms with Gasteiger partial charge >= 0.3 is 22.3 Å². The van der Waals surface area contributed by atoms with Crippen LogP contribution in [0.15, 0.2) is 11.6 Å². The van der Waals surface area contributed by atoms with Gasteiger partial charge in [-0.2, -0.15) is 8.42 Å². The number of cyclic esters (lactones) is 1. The van der Waals surface area contributed by atoms with Crippen LogP contribution >= 0.6 is 0 Å². The Labute approximate surface area is 358 Å². The third-order valence-corrected chi connectivity index (χ3v) is 17.0. The van der Waals surface area contributed by atoms with Crippen LogP contribution in [0, 0.1) is 39.4 Å². The molecule has 3 saturated carbocycles. The Kier molecular flexibility index (Phi) is 12.3. The van der Waals surface area contributed by atoms with Gasteiger partial charge in [-0.3, -0.25) is 14.1 Å². The normalized spacial score (nSPS) is 48.2. The molecule has 18 heteroatoms. The molecule has 3 saturated heterocycles. The van der Waals surface area contributed by atoms with Gasteiger partial charge in [0.15, 0.2) is 12.6 Å². The monoisotopic (exact) mass is 888 g/mol. The minimum atomic E-state index is -5.03. The first-order chi connectivity index (χ1) is 28.1. The molecule has 0 radical (unpaired) electrons. The molecule has 61 heavy (non-hydrogen) atoms. The van der Waals surface area contributed by atoms with Crippen LogP contribution in [0.2, 0.25) is 0 Å². The number of ether oxygens (including phenoxy) is 6. The van der Waals surface area contributed by atoms with E-state index in [2.05, 4.69) is 27.7 Å². The molecule has 6 fully saturated rings. The van der Waals surface area contributed by atoms with Gasteiger partial charge < -0.3 is 54.0 Å². The van der Waals surface area contributed by atoms with Crippen LogP contribution in [0.3, 0.4) is 0 Å². The molecule has 0 amide bonds. The molecule has 0 bridgehead atoms. The van der Waals surface area contributed by atoms with Crippen LogP contribution in [0.1, 0.15) is 120 Å². The van der Waals surface area contributed by atoms with Crippen molar-refractivity contribution >= 4 is 22.3 Å². The van der Waals surface area contributed by atoms with Crippen LogP contribution < -0.4 is 0 Å². The lowest BCUT2D eigenvalue weighted by Crippen LogP contribution is -2.64. The topological polar surface area (TPSA) is 254 Å². The Bertz CT molecular complexity index is 1840. The first kappa shape index (κ1) is 47.2. The van der Waals surface area contributed by atoms with E-state index in [0.29, 0.717) is 32.1 Å². The molecule has 1 spiro atoms. The quantitative estimate of drug-likeness (QED) is 0.0755. The fourth-order valence-corrected chi connectivity index (χ4v) is 14.1. The molecule has 18 atom stereocenters. The maximum absolute atomic E-state index is 14.4. The molecule has 17 nitrogen and oxygen atoms in total. The number of aliphatic hydroxyl groups is 5. The highest BCUT2D eigenvalue weighted by atomic mass is 32.3. The maximum atomic E-state index is 14.4. The van der Waals surface area contributed by atoms with E-state index >= 15 is 0 Å². The standard InChI is InChI=1S/C43H68O17S/c1-21-30(46)32(48)33(49)35(55-21)57-34-31(47)25(60-61(51,52)53)20-54-36(34)56-29-14-17-40(7)24-19-28(45)43-27(13-18-41(43,8)23(24)11-12-26(40)39(29,5)6)42(9,59-37(43)50)16-10-15-38(3,4)58-22(2)44/h19,21,23,25-36,45-49H,10-18,20H2,1-9H3,(H,51,52,53)/t21-,23?,25-,26?,27?,28-,29+,30-,31+,32+,33-,34-,35+,36?,40-,41+,42+,43?/m1/s1. The zero-order chi connectivity index (χ0) is 45.0. The number of carbonyl (C=O) groups excluding carboxylic acids is 2. The highest BCUT2D eigenvalue weighted by molar-refractivity contribution is 7.80. The van der Waals surface area contributed by atoms with E-state index in [1.165, 1.54) is 13.8 Å². The highest BCUT2D eigenvalue weighted by Crippen LogP contribution is 2.76. The van der Waals surface area contributed by atoms with Crippen molar-refractivity contribution in [3.63, 3.8) is 0 Å². The number of allylic oxidation sites excluding steroid dienone is 1. The largest absolute Gasteiger partial charge is 0.460 e. The van der Waals surface area contributed by atoms with E-state index in [9.17, 15) is 48.1 Å². The van der Waals surface area contributed by atoms with Gasteiger partial charge in [-0.15, -0.1) is 0 Å². The van der Waals surface area contributed by atoms with Crippen molar-refractivity contribution in [3.8, 4) is 0 Å². The number of rotatable bonds is 11. The van der Waals surface area contributed by atoms with Gasteiger partial charge in [0, 0.05) is 12.8 Å². The van der Waals surface area contributed by atoms with E-state index in [0.717, 1.165) is 31.3 Å². The Balaban J connectivity index is 1.12. The molecular formula is C43H68O17S. The van der Waals surface area contributed by atoms with Crippen molar-refractivity contribution in [1.29, 1.82) is 0 Å². The summed E-state index contributed by atoms with van der Waals surface area (Å²) in [5.41, 5.74) is -2.92. The third kappa shape index (κ3) is 7.73. The minimum Gasteiger partial charge on any atom is -0.460 e. The van der Waals surface area contributed by atoms with E-state index < -0.39 is 117 Å².